The van der Waals surface area contributed by atoms with E-state index in [2.05, 4.69) is 0 Å². The minimum atomic E-state index is -1.01. The lowest BCUT2D eigenvalue weighted by Gasteiger charge is -2.31. The van der Waals surface area contributed by atoms with Crippen molar-refractivity contribution in [3.63, 3.8) is 0 Å². The number of methoxy groups -OCH3 is 1. The zero-order chi connectivity index (χ0) is 16.5. The first kappa shape index (κ1) is 15.8. The van der Waals surface area contributed by atoms with Gasteiger partial charge in [-0.05, 0) is 45.1 Å². The van der Waals surface area contributed by atoms with Crippen LogP contribution in [0.3, 0.4) is 0 Å². The van der Waals surface area contributed by atoms with Gasteiger partial charge in [0.25, 0.3) is 0 Å². The zero-order valence-corrected chi connectivity index (χ0v) is 13.0. The average Bonchev–Trinajstić information content (AvgIpc) is 2.97. The summed E-state index contributed by atoms with van der Waals surface area (Å²) < 4.78 is 10.3. The highest BCUT2D eigenvalue weighted by Gasteiger charge is 2.45. The van der Waals surface area contributed by atoms with E-state index < -0.39 is 17.0 Å². The number of ketones is 2. The fourth-order valence-electron chi connectivity index (χ4n) is 2.55. The van der Waals surface area contributed by atoms with Crippen molar-refractivity contribution in [1.82, 2.24) is 0 Å². The molecular weight excluding hydrogens is 284 g/mol. The summed E-state index contributed by atoms with van der Waals surface area (Å²) in [5, 5.41) is 10.2. The van der Waals surface area contributed by atoms with Gasteiger partial charge < -0.3 is 14.3 Å². The number of furan rings is 1. The summed E-state index contributed by atoms with van der Waals surface area (Å²) in [6, 6.07) is 3.39. The number of hydrogen-bond acceptors (Lipinski definition) is 5. The second-order valence-corrected chi connectivity index (χ2v) is 5.55. The molecule has 1 heterocycles. The van der Waals surface area contributed by atoms with E-state index in [0.717, 1.165) is 0 Å². The molecular formula is C17H18O5. The number of allylic oxidation sites excluding steroid dienone is 4. The quantitative estimate of drug-likeness (QED) is 0.527. The number of rotatable bonds is 3. The molecule has 22 heavy (non-hydrogen) atoms. The largest absolute Gasteiger partial charge is 0.507 e. The lowest BCUT2D eigenvalue weighted by Crippen LogP contribution is -2.38. The van der Waals surface area contributed by atoms with Crippen molar-refractivity contribution in [3.8, 4) is 0 Å². The number of Topliss-reactive ketones (excluding diaryl/α,β-unsaturated/α-hetero) is 2. The number of aliphatic hydroxyl groups excluding tert-OH is 1. The average molecular weight is 302 g/mol. The summed E-state index contributed by atoms with van der Waals surface area (Å²) in [4.78, 5) is 24.9. The van der Waals surface area contributed by atoms with E-state index in [4.69, 9.17) is 9.15 Å². The maximum absolute atomic E-state index is 12.6. The maximum Gasteiger partial charge on any atom is 0.199 e. The third kappa shape index (κ3) is 2.50. The Morgan fingerprint density at radius 1 is 1.36 bits per heavy atom. The highest BCUT2D eigenvalue weighted by Crippen LogP contribution is 2.39. The predicted molar refractivity (Wildman–Crippen MR) is 80.9 cm³/mol. The molecule has 5 nitrogen and oxygen atoms in total. The van der Waals surface area contributed by atoms with Crippen molar-refractivity contribution in [2.45, 2.75) is 20.8 Å². The van der Waals surface area contributed by atoms with Crippen LogP contribution in [0.5, 0.6) is 0 Å². The zero-order valence-electron chi connectivity index (χ0n) is 13.0. The fraction of sp³-hybridized carbons (Fsp3) is 0.294. The minimum Gasteiger partial charge on any atom is -0.507 e. The van der Waals surface area contributed by atoms with Crippen LogP contribution in [0.15, 0.2) is 51.6 Å². The number of carbonyl (C=O) groups excluding carboxylic acids is 2. The lowest BCUT2D eigenvalue weighted by atomic mass is 9.73. The van der Waals surface area contributed by atoms with Gasteiger partial charge in [0, 0.05) is 5.57 Å². The van der Waals surface area contributed by atoms with Gasteiger partial charge in [0.1, 0.15) is 22.9 Å². The molecule has 116 valence electrons. The van der Waals surface area contributed by atoms with Gasteiger partial charge in [-0.1, -0.05) is 0 Å². The third-order valence-corrected chi connectivity index (χ3v) is 3.68. The molecule has 1 aromatic heterocycles. The molecule has 0 aliphatic heterocycles. The second-order valence-electron chi connectivity index (χ2n) is 5.55. The SMILES string of the molecule is COC1=C(C)C(=O)/C(=C(O)/C=C/c2ccco2)C(=O)C1(C)C. The molecule has 0 unspecified atom stereocenters. The third-order valence-electron chi connectivity index (χ3n) is 3.68. The van der Waals surface area contributed by atoms with Crippen LogP contribution < -0.4 is 0 Å². The topological polar surface area (TPSA) is 76.7 Å². The van der Waals surface area contributed by atoms with Gasteiger partial charge >= 0.3 is 0 Å². The van der Waals surface area contributed by atoms with Crippen LogP contribution in [0.1, 0.15) is 26.5 Å². The van der Waals surface area contributed by atoms with Crippen molar-refractivity contribution < 1.29 is 23.8 Å². The molecule has 2 rings (SSSR count). The summed E-state index contributed by atoms with van der Waals surface area (Å²) in [6.07, 6.45) is 4.26. The van der Waals surface area contributed by atoms with Gasteiger partial charge in [0.05, 0.1) is 18.8 Å². The van der Waals surface area contributed by atoms with Crippen LogP contribution >= 0.6 is 0 Å². The van der Waals surface area contributed by atoms with E-state index in [1.807, 2.05) is 0 Å². The van der Waals surface area contributed by atoms with E-state index >= 15 is 0 Å². The highest BCUT2D eigenvalue weighted by molar-refractivity contribution is 6.30. The lowest BCUT2D eigenvalue weighted by molar-refractivity contribution is -0.127. The Balaban J connectivity index is 2.51. The standard InChI is InChI=1S/C17H18O5/c1-10-14(19)13(15(20)17(2,3)16(10)21-4)12(18)8-7-11-6-5-9-22-11/h5-9,18H,1-4H3/b8-7+,13-12+. The van der Waals surface area contributed by atoms with E-state index in [1.165, 1.54) is 25.5 Å². The van der Waals surface area contributed by atoms with Gasteiger partial charge in [-0.2, -0.15) is 0 Å². The smallest absolute Gasteiger partial charge is 0.199 e. The van der Waals surface area contributed by atoms with Crippen LogP contribution in [0.2, 0.25) is 0 Å². The summed E-state index contributed by atoms with van der Waals surface area (Å²) in [5.74, 6) is -0.542. The molecule has 1 aliphatic rings. The van der Waals surface area contributed by atoms with Crippen LogP contribution in [0.25, 0.3) is 6.08 Å². The van der Waals surface area contributed by atoms with Gasteiger partial charge in [0.15, 0.2) is 11.6 Å². The summed E-state index contributed by atoms with van der Waals surface area (Å²) in [7, 11) is 1.42. The summed E-state index contributed by atoms with van der Waals surface area (Å²) in [6.45, 7) is 4.90. The predicted octanol–water partition coefficient (Wildman–Crippen LogP) is 3.20. The molecule has 0 fully saturated rings. The Labute approximate surface area is 128 Å². The summed E-state index contributed by atoms with van der Waals surface area (Å²) >= 11 is 0. The molecule has 0 radical (unpaired) electrons. The monoisotopic (exact) mass is 302 g/mol. The molecule has 1 aliphatic carbocycles. The van der Waals surface area contributed by atoms with Crippen molar-refractivity contribution in [2.24, 2.45) is 5.41 Å². The van der Waals surface area contributed by atoms with Crippen molar-refractivity contribution in [1.29, 1.82) is 0 Å². The fourth-order valence-corrected chi connectivity index (χ4v) is 2.55. The van der Waals surface area contributed by atoms with Crippen molar-refractivity contribution in [3.05, 3.63) is 52.9 Å². The van der Waals surface area contributed by atoms with Gasteiger partial charge in [-0.25, -0.2) is 0 Å². The van der Waals surface area contributed by atoms with E-state index in [9.17, 15) is 14.7 Å². The molecule has 0 saturated carbocycles. The molecule has 1 N–H and O–H groups in total. The Morgan fingerprint density at radius 3 is 2.59 bits per heavy atom. The number of aliphatic hydroxyl groups is 1. The van der Waals surface area contributed by atoms with Crippen molar-refractivity contribution >= 4 is 17.6 Å². The number of ether oxygens (including phenoxy) is 1. The van der Waals surface area contributed by atoms with Crippen LogP contribution in [-0.2, 0) is 14.3 Å². The molecule has 0 saturated heterocycles. The first-order valence-electron chi connectivity index (χ1n) is 6.80. The maximum atomic E-state index is 12.6. The molecule has 0 amide bonds. The molecule has 0 atom stereocenters. The number of hydrogen-bond donors (Lipinski definition) is 1. The normalized spacial score (nSPS) is 20.7. The number of carbonyl (C=O) groups is 2. The second kappa shape index (κ2) is 5.67. The highest BCUT2D eigenvalue weighted by atomic mass is 16.5. The van der Waals surface area contributed by atoms with Crippen molar-refractivity contribution in [2.75, 3.05) is 7.11 Å². The van der Waals surface area contributed by atoms with Crippen LogP contribution in [-0.4, -0.2) is 23.8 Å². The van der Waals surface area contributed by atoms with E-state index in [-0.39, 0.29) is 11.3 Å². The first-order chi connectivity index (χ1) is 10.3. The van der Waals surface area contributed by atoms with Gasteiger partial charge in [-0.15, -0.1) is 0 Å². The Hall–Kier alpha value is -2.56. The molecule has 0 aromatic carbocycles. The van der Waals surface area contributed by atoms with Gasteiger partial charge in [-0.3, -0.25) is 9.59 Å². The van der Waals surface area contributed by atoms with E-state index in [0.29, 0.717) is 17.1 Å². The molecule has 1 aromatic rings. The van der Waals surface area contributed by atoms with Crippen LogP contribution in [0.4, 0.5) is 0 Å². The summed E-state index contributed by atoms with van der Waals surface area (Å²) in [5.41, 5.74) is -0.916. The Bertz CT molecular complexity index is 699. The van der Waals surface area contributed by atoms with Gasteiger partial charge in [0.2, 0.25) is 0 Å². The minimum absolute atomic E-state index is 0.230. The molecule has 0 bridgehead atoms. The Morgan fingerprint density at radius 2 is 2.05 bits per heavy atom. The van der Waals surface area contributed by atoms with Crippen LogP contribution in [0, 0.1) is 5.41 Å². The van der Waals surface area contributed by atoms with E-state index in [1.54, 1.807) is 32.9 Å². The Kier molecular flexibility index (Phi) is 4.08. The molecule has 0 spiro atoms. The first-order valence-corrected chi connectivity index (χ1v) is 6.80. The molecule has 5 heteroatoms.